The summed E-state index contributed by atoms with van der Waals surface area (Å²) in [6.45, 7) is 1.65. The number of nitrogens with one attached hydrogen (secondary N) is 1. The molecular formula is C23H17F4N7O. The van der Waals surface area contributed by atoms with Crippen molar-refractivity contribution < 1.29 is 17.6 Å². The molecule has 1 saturated carbocycles. The maximum Gasteiger partial charge on any atom is 0.433 e. The molecule has 0 unspecified atom stereocenters. The molecule has 35 heavy (non-hydrogen) atoms. The van der Waals surface area contributed by atoms with E-state index >= 15 is 0 Å². The number of hydrogen-bond donors (Lipinski definition) is 1. The van der Waals surface area contributed by atoms with Crippen LogP contribution in [0.4, 0.5) is 17.6 Å². The van der Waals surface area contributed by atoms with Gasteiger partial charge < -0.3 is 4.98 Å². The summed E-state index contributed by atoms with van der Waals surface area (Å²) >= 11 is 0. The Kier molecular flexibility index (Phi) is 5.35. The predicted octanol–water partition coefficient (Wildman–Crippen LogP) is 4.21. The van der Waals surface area contributed by atoms with Crippen LogP contribution in [0.15, 0.2) is 41.5 Å². The van der Waals surface area contributed by atoms with Crippen LogP contribution in [0.3, 0.4) is 0 Å². The third-order valence-corrected chi connectivity index (χ3v) is 6.38. The van der Waals surface area contributed by atoms with E-state index in [2.05, 4.69) is 25.0 Å². The third kappa shape index (κ3) is 3.82. The summed E-state index contributed by atoms with van der Waals surface area (Å²) in [5.74, 6) is -0.702. The molecule has 0 spiro atoms. The van der Waals surface area contributed by atoms with Gasteiger partial charge in [-0.25, -0.2) is 14.1 Å². The number of H-pyrrole nitrogens is 1. The van der Waals surface area contributed by atoms with Crippen LogP contribution in [-0.2, 0) is 6.18 Å². The third-order valence-electron chi connectivity index (χ3n) is 6.38. The largest absolute Gasteiger partial charge is 0.433 e. The van der Waals surface area contributed by atoms with Crippen molar-refractivity contribution in [2.24, 2.45) is 0 Å². The van der Waals surface area contributed by atoms with Gasteiger partial charge >= 0.3 is 6.18 Å². The number of aromatic amines is 1. The molecule has 3 atom stereocenters. The zero-order chi connectivity index (χ0) is 24.9. The Morgan fingerprint density at radius 2 is 1.97 bits per heavy atom. The topological polar surface area (TPSA) is 113 Å². The average Bonchev–Trinajstić information content (AvgIpc) is 3.18. The van der Waals surface area contributed by atoms with Crippen molar-refractivity contribution in [1.29, 1.82) is 5.26 Å². The van der Waals surface area contributed by atoms with Crippen molar-refractivity contribution in [3.8, 4) is 6.07 Å². The average molecular weight is 483 g/mol. The molecule has 4 aromatic rings. The molecular weight excluding hydrogens is 466 g/mol. The van der Waals surface area contributed by atoms with Crippen molar-refractivity contribution >= 4 is 11.0 Å². The number of pyridine rings is 2. The SMILES string of the molecule is C[C@H](c1ccc(C(F)(F)F)nc1)n1nc(C#N)c2c(=O)[nH]c([C@@H]3CC[C@H]3c3ncccc3F)nc21. The molecule has 0 radical (unpaired) electrons. The van der Waals surface area contributed by atoms with Crippen molar-refractivity contribution in [3.63, 3.8) is 0 Å². The molecule has 12 heteroatoms. The molecule has 1 aliphatic carbocycles. The van der Waals surface area contributed by atoms with Crippen LogP contribution in [0.5, 0.6) is 0 Å². The van der Waals surface area contributed by atoms with Crippen molar-refractivity contribution in [2.75, 3.05) is 0 Å². The van der Waals surface area contributed by atoms with Crippen LogP contribution in [-0.4, -0.2) is 29.7 Å². The van der Waals surface area contributed by atoms with Gasteiger partial charge in [0.2, 0.25) is 0 Å². The van der Waals surface area contributed by atoms with Crippen LogP contribution in [0.25, 0.3) is 11.0 Å². The summed E-state index contributed by atoms with van der Waals surface area (Å²) in [6, 6.07) is 6.13. The standard InChI is InChI=1S/C23H17F4N7O/c1-11(12-4-7-17(30-10-12)23(25,26)27)34-21-18(16(9-28)33-34)22(35)32-20(31-21)14-6-5-13(14)19-15(24)3-2-8-29-19/h2-4,7-8,10-11,13-14H,5-6H2,1H3,(H,31,32,35)/t11-,13-,14-/m1/s1. The van der Waals surface area contributed by atoms with Crippen molar-refractivity contribution in [1.82, 2.24) is 29.7 Å². The first-order chi connectivity index (χ1) is 16.7. The van der Waals surface area contributed by atoms with Crippen LogP contribution in [0.1, 0.15) is 66.1 Å². The number of aromatic nitrogens is 6. The highest BCUT2D eigenvalue weighted by molar-refractivity contribution is 5.80. The molecule has 4 aromatic heterocycles. The minimum Gasteiger partial charge on any atom is -0.310 e. The maximum absolute atomic E-state index is 14.3. The summed E-state index contributed by atoms with van der Waals surface area (Å²) < 4.78 is 54.3. The van der Waals surface area contributed by atoms with E-state index in [9.17, 15) is 27.6 Å². The Morgan fingerprint density at radius 1 is 1.20 bits per heavy atom. The fourth-order valence-corrected chi connectivity index (χ4v) is 4.37. The quantitative estimate of drug-likeness (QED) is 0.435. The highest BCUT2D eigenvalue weighted by Crippen LogP contribution is 2.48. The monoisotopic (exact) mass is 483 g/mol. The highest BCUT2D eigenvalue weighted by Gasteiger charge is 2.38. The first-order valence-electron chi connectivity index (χ1n) is 10.7. The Labute approximate surface area is 195 Å². The van der Waals surface area contributed by atoms with E-state index in [4.69, 9.17) is 0 Å². The first-order valence-corrected chi connectivity index (χ1v) is 10.7. The van der Waals surface area contributed by atoms with E-state index < -0.39 is 29.3 Å². The Bertz CT molecular complexity index is 1520. The zero-order valence-corrected chi connectivity index (χ0v) is 18.2. The van der Waals surface area contributed by atoms with E-state index in [1.165, 1.54) is 29.1 Å². The second-order valence-electron chi connectivity index (χ2n) is 8.37. The molecule has 0 amide bonds. The van der Waals surface area contributed by atoms with E-state index in [0.29, 0.717) is 29.9 Å². The molecule has 0 bridgehead atoms. The zero-order valence-electron chi connectivity index (χ0n) is 18.2. The summed E-state index contributed by atoms with van der Waals surface area (Å²) in [4.78, 5) is 27.8. The molecule has 178 valence electrons. The van der Waals surface area contributed by atoms with Gasteiger partial charge in [-0.15, -0.1) is 0 Å². The van der Waals surface area contributed by atoms with E-state index in [1.807, 2.05) is 6.07 Å². The fourth-order valence-electron chi connectivity index (χ4n) is 4.37. The second-order valence-corrected chi connectivity index (χ2v) is 8.37. The number of hydrogen-bond acceptors (Lipinski definition) is 6. The molecule has 5 rings (SSSR count). The lowest BCUT2D eigenvalue weighted by Crippen LogP contribution is -2.28. The number of alkyl halides is 3. The van der Waals surface area contributed by atoms with E-state index in [0.717, 1.165) is 12.3 Å². The molecule has 8 nitrogen and oxygen atoms in total. The summed E-state index contributed by atoms with van der Waals surface area (Å²) in [6.07, 6.45) is -0.693. The summed E-state index contributed by atoms with van der Waals surface area (Å²) in [5, 5.41) is 13.7. The number of rotatable bonds is 4. The minimum absolute atomic E-state index is 0.0251. The Balaban J connectivity index is 1.58. The second kappa shape index (κ2) is 8.26. The molecule has 0 aliphatic heterocycles. The molecule has 1 fully saturated rings. The van der Waals surface area contributed by atoms with Crippen LogP contribution >= 0.6 is 0 Å². The number of halogens is 4. The number of nitrogens with zero attached hydrogens (tertiary/aromatic N) is 6. The summed E-state index contributed by atoms with van der Waals surface area (Å²) in [5.41, 5.74) is -0.980. The van der Waals surface area contributed by atoms with Crippen molar-refractivity contribution in [2.45, 2.75) is 43.8 Å². The number of nitriles is 1. The smallest absolute Gasteiger partial charge is 0.310 e. The van der Waals surface area contributed by atoms with Crippen LogP contribution < -0.4 is 5.56 Å². The van der Waals surface area contributed by atoms with Crippen LogP contribution in [0, 0.1) is 17.1 Å². The lowest BCUT2D eigenvalue weighted by molar-refractivity contribution is -0.141. The summed E-state index contributed by atoms with van der Waals surface area (Å²) in [7, 11) is 0. The van der Waals surface area contributed by atoms with E-state index in [1.54, 1.807) is 6.92 Å². The lowest BCUT2D eigenvalue weighted by atomic mass is 9.71. The van der Waals surface area contributed by atoms with Gasteiger partial charge in [-0.3, -0.25) is 14.8 Å². The predicted molar refractivity (Wildman–Crippen MR) is 115 cm³/mol. The van der Waals surface area contributed by atoms with Crippen molar-refractivity contribution in [3.05, 3.63) is 81.3 Å². The number of fused-ring (bicyclic) bond motifs is 1. The minimum atomic E-state index is -4.58. The molecule has 1 N–H and O–H groups in total. The highest BCUT2D eigenvalue weighted by atomic mass is 19.4. The maximum atomic E-state index is 14.3. The van der Waals surface area contributed by atoms with Gasteiger partial charge in [-0.2, -0.15) is 23.5 Å². The lowest BCUT2D eigenvalue weighted by Gasteiger charge is -2.35. The van der Waals surface area contributed by atoms with Gasteiger partial charge in [0.05, 0.1) is 11.7 Å². The Morgan fingerprint density at radius 3 is 2.57 bits per heavy atom. The Hall–Kier alpha value is -4.14. The molecule has 4 heterocycles. The van der Waals surface area contributed by atoms with Gasteiger partial charge in [0.1, 0.15) is 28.8 Å². The molecule has 0 saturated heterocycles. The normalized spacial score (nSPS) is 18.7. The van der Waals surface area contributed by atoms with Gasteiger partial charge in [0.15, 0.2) is 11.3 Å². The molecule has 0 aromatic carbocycles. The van der Waals surface area contributed by atoms with Gasteiger partial charge in [0.25, 0.3) is 5.56 Å². The van der Waals surface area contributed by atoms with Gasteiger partial charge in [-0.05, 0) is 43.5 Å². The van der Waals surface area contributed by atoms with Gasteiger partial charge in [0, 0.05) is 24.2 Å². The molecule has 1 aliphatic rings. The fraction of sp³-hybridized carbons (Fsp3) is 0.304. The van der Waals surface area contributed by atoms with Crippen LogP contribution in [0.2, 0.25) is 0 Å². The van der Waals surface area contributed by atoms with Gasteiger partial charge in [-0.1, -0.05) is 6.07 Å². The first kappa shape index (κ1) is 22.6. The van der Waals surface area contributed by atoms with E-state index in [-0.39, 0.29) is 28.6 Å².